The molecule has 0 spiro atoms. The summed E-state index contributed by atoms with van der Waals surface area (Å²) in [5.74, 6) is -1.79. The summed E-state index contributed by atoms with van der Waals surface area (Å²) in [6, 6.07) is 0.688. The van der Waals surface area contributed by atoms with Crippen molar-refractivity contribution in [3.8, 4) is 0 Å². The zero-order valence-electron chi connectivity index (χ0n) is 20.5. The molecule has 0 saturated carbocycles. The fourth-order valence-electron chi connectivity index (χ4n) is 3.87. The molecule has 2 amide bonds. The molecule has 0 bridgehead atoms. The first-order chi connectivity index (χ1) is 18.8. The number of hydrogen-bond donors (Lipinski definition) is 6. The second kappa shape index (κ2) is 12.6. The average molecular weight is 621 g/mol. The number of aliphatic hydroxyl groups is 1. The van der Waals surface area contributed by atoms with Crippen molar-refractivity contribution in [1.82, 2.24) is 19.9 Å². The van der Waals surface area contributed by atoms with E-state index in [4.69, 9.17) is 33.8 Å². The van der Waals surface area contributed by atoms with Crippen LogP contribution in [0.5, 0.6) is 0 Å². The number of fused-ring (bicyclic) bond motifs is 1. The molecule has 21 heteroatoms. The zero-order chi connectivity index (χ0) is 29.8. The largest absolute Gasteiger partial charge is 0.726 e. The van der Waals surface area contributed by atoms with Crippen molar-refractivity contribution >= 4 is 67.9 Å². The van der Waals surface area contributed by atoms with Gasteiger partial charge in [0.25, 0.3) is 11.8 Å². The fraction of sp³-hybridized carbons (Fsp3) is 0.368. The molecule has 8 N–H and O–H groups in total. The van der Waals surface area contributed by atoms with Gasteiger partial charge in [-0.05, 0) is 0 Å². The minimum atomic E-state index is -4.92. The Hall–Kier alpha value is -3.76. The van der Waals surface area contributed by atoms with Gasteiger partial charge in [-0.25, -0.2) is 18.2 Å². The maximum absolute atomic E-state index is 13.0. The molecule has 2 aromatic heterocycles. The lowest BCUT2D eigenvalue weighted by Crippen LogP contribution is -2.71. The number of thiazole rings is 1. The third-order valence-electron chi connectivity index (χ3n) is 5.39. The Kier molecular flexibility index (Phi) is 9.70. The molecule has 1 saturated heterocycles. The molecule has 218 valence electrons. The predicted molar refractivity (Wildman–Crippen MR) is 138 cm³/mol. The SMILES string of the molecule is CO/N=C(\C(=O)N[C@H]1C(=O)N2C(C(=O)O)=C(C[n+]3ccc(N)n3CCO)CS[C@@H]12)c1csc(N)n1.O=S(=O)([O-])O. The number of nitrogens with zero attached hydrogens (tertiary/aromatic N) is 5. The van der Waals surface area contributed by atoms with E-state index >= 15 is 0 Å². The van der Waals surface area contributed by atoms with Crippen LogP contribution in [0, 0.1) is 0 Å². The van der Waals surface area contributed by atoms with Gasteiger partial charge in [0.05, 0.1) is 12.7 Å². The number of hydrogen-bond acceptors (Lipinski definition) is 14. The van der Waals surface area contributed by atoms with Crippen molar-refractivity contribution in [1.29, 1.82) is 0 Å². The number of nitrogen functional groups attached to an aromatic ring is 2. The van der Waals surface area contributed by atoms with E-state index in [2.05, 4.69) is 15.5 Å². The number of rotatable bonds is 9. The van der Waals surface area contributed by atoms with Gasteiger partial charge in [-0.15, -0.1) is 32.5 Å². The number of nitrogens with two attached hydrogens (primary N) is 2. The predicted octanol–water partition coefficient (Wildman–Crippen LogP) is -2.82. The molecule has 2 aliphatic heterocycles. The molecule has 2 aliphatic rings. The van der Waals surface area contributed by atoms with Gasteiger partial charge in [-0.3, -0.25) is 19.0 Å². The summed E-state index contributed by atoms with van der Waals surface area (Å²) in [7, 11) is -3.65. The highest BCUT2D eigenvalue weighted by Crippen LogP contribution is 2.40. The van der Waals surface area contributed by atoms with Crippen LogP contribution in [0.3, 0.4) is 0 Å². The number of aromatic nitrogens is 3. The number of thioether (sulfide) groups is 1. The Labute approximate surface area is 234 Å². The highest BCUT2D eigenvalue weighted by Gasteiger charge is 2.55. The van der Waals surface area contributed by atoms with Crippen LogP contribution >= 0.6 is 23.1 Å². The Morgan fingerprint density at radius 3 is 2.62 bits per heavy atom. The second-order valence-electron chi connectivity index (χ2n) is 7.92. The molecule has 4 heterocycles. The van der Waals surface area contributed by atoms with E-state index in [9.17, 15) is 24.6 Å². The van der Waals surface area contributed by atoms with Crippen molar-refractivity contribution in [2.75, 3.05) is 30.9 Å². The smallest absolute Gasteiger partial charge is 0.352 e. The van der Waals surface area contributed by atoms with Crippen molar-refractivity contribution in [2.24, 2.45) is 5.16 Å². The molecule has 0 aromatic carbocycles. The molecule has 0 radical (unpaired) electrons. The topological polar surface area (TPSA) is 280 Å². The van der Waals surface area contributed by atoms with Gasteiger partial charge in [-0.2, -0.15) is 0 Å². The van der Waals surface area contributed by atoms with Crippen molar-refractivity contribution in [3.63, 3.8) is 0 Å². The standard InChI is InChI=1S/C19H22N8O6S2.H2O4S/c1-33-24-12(10-8-35-19(21)22-10)15(29)23-13-16(30)27-14(18(31)32)9(7-34-17(13)27)6-25-3-2-11(20)26(25)4-5-28;1-5(2,3)4/h2-3,8,13,17,20,28H,4-7H2,1H3,(H4,21,22,23,29,31,32);(H2,1,2,3,4)/b24-12-;/t13-,17-;/m0./s1. The van der Waals surface area contributed by atoms with Gasteiger partial charge in [0.2, 0.25) is 10.4 Å². The third kappa shape index (κ3) is 7.05. The van der Waals surface area contributed by atoms with E-state index < -0.39 is 39.6 Å². The first-order valence-corrected chi connectivity index (χ1v) is 14.2. The van der Waals surface area contributed by atoms with E-state index in [0.717, 1.165) is 11.3 Å². The van der Waals surface area contributed by atoms with Crippen molar-refractivity contribution < 1.29 is 51.6 Å². The highest BCUT2D eigenvalue weighted by atomic mass is 32.3. The van der Waals surface area contributed by atoms with Crippen LogP contribution < -0.4 is 21.5 Å². The lowest BCUT2D eigenvalue weighted by Gasteiger charge is -2.49. The van der Waals surface area contributed by atoms with Gasteiger partial charge in [-0.1, -0.05) is 5.16 Å². The van der Waals surface area contributed by atoms with Crippen LogP contribution in [-0.2, 0) is 42.7 Å². The molecule has 4 rings (SSSR count). The quantitative estimate of drug-likeness (QED) is 0.0412. The summed E-state index contributed by atoms with van der Waals surface area (Å²) in [5.41, 5.74) is 12.0. The number of carboxylic acids is 1. The first kappa shape index (κ1) is 30.8. The van der Waals surface area contributed by atoms with Crippen LogP contribution in [0.1, 0.15) is 5.69 Å². The van der Waals surface area contributed by atoms with E-state index in [1.807, 2.05) is 0 Å². The molecule has 18 nitrogen and oxygen atoms in total. The normalized spacial score (nSPS) is 18.9. The Morgan fingerprint density at radius 2 is 2.08 bits per heavy atom. The number of aliphatic carboxylic acids is 1. The number of oxime groups is 1. The molecular formula is C19H24N8O10S3. The van der Waals surface area contributed by atoms with Gasteiger partial charge < -0.3 is 36.4 Å². The maximum atomic E-state index is 13.0. The number of carboxylic acid groups (broad SMARTS) is 1. The van der Waals surface area contributed by atoms with Gasteiger partial charge in [0, 0.05) is 16.7 Å². The van der Waals surface area contributed by atoms with Crippen LogP contribution in [0.15, 0.2) is 34.1 Å². The fourth-order valence-corrected chi connectivity index (χ4v) is 5.75. The molecular weight excluding hydrogens is 596 g/mol. The summed E-state index contributed by atoms with van der Waals surface area (Å²) < 4.78 is 36.1. The van der Waals surface area contributed by atoms with Crippen molar-refractivity contribution in [3.05, 3.63) is 34.6 Å². The summed E-state index contributed by atoms with van der Waals surface area (Å²) in [5, 5.41) is 26.7. The van der Waals surface area contributed by atoms with Crippen LogP contribution in [0.4, 0.5) is 10.9 Å². The number of carbonyl (C=O) groups is 3. The minimum Gasteiger partial charge on any atom is -0.726 e. The number of nitrogens with one attached hydrogen (secondary N) is 1. The molecule has 0 aliphatic carbocycles. The number of carbonyl (C=O) groups excluding carboxylic acids is 2. The van der Waals surface area contributed by atoms with Gasteiger partial charge in [0.1, 0.15) is 36.5 Å². The zero-order valence-corrected chi connectivity index (χ0v) is 23.0. The van der Waals surface area contributed by atoms with Crippen molar-refractivity contribution in [2.45, 2.75) is 24.5 Å². The molecule has 2 atom stereocenters. The monoisotopic (exact) mass is 620 g/mol. The lowest BCUT2D eigenvalue weighted by atomic mass is 10.0. The Morgan fingerprint density at radius 1 is 1.40 bits per heavy atom. The number of amides is 2. The molecule has 1 fully saturated rings. The summed E-state index contributed by atoms with van der Waals surface area (Å²) >= 11 is 2.44. The van der Waals surface area contributed by atoms with Crippen LogP contribution in [0.25, 0.3) is 0 Å². The third-order valence-corrected chi connectivity index (χ3v) is 7.40. The molecule has 2 aromatic rings. The molecule has 0 unspecified atom stereocenters. The number of β-lactam (4-membered cyclic amide) rings is 1. The maximum Gasteiger partial charge on any atom is 0.352 e. The Balaban J connectivity index is 0.000000810. The minimum absolute atomic E-state index is 0.134. The second-order valence-corrected chi connectivity index (χ2v) is 10.8. The van der Waals surface area contributed by atoms with Crippen LogP contribution in [-0.4, -0.2) is 96.7 Å². The van der Waals surface area contributed by atoms with E-state index in [1.54, 1.807) is 21.6 Å². The highest BCUT2D eigenvalue weighted by molar-refractivity contribution is 8.00. The van der Waals surface area contributed by atoms with Crippen LogP contribution in [0.2, 0.25) is 0 Å². The summed E-state index contributed by atoms with van der Waals surface area (Å²) in [6.45, 7) is 0.251. The van der Waals surface area contributed by atoms with Gasteiger partial charge in [0.15, 0.2) is 29.4 Å². The summed E-state index contributed by atoms with van der Waals surface area (Å²) in [4.78, 5) is 47.9. The van der Waals surface area contributed by atoms with Gasteiger partial charge >= 0.3 is 5.97 Å². The first-order valence-electron chi connectivity index (χ1n) is 10.9. The average Bonchev–Trinajstić information content (AvgIpc) is 3.45. The van der Waals surface area contributed by atoms with E-state index in [0.29, 0.717) is 17.1 Å². The molecule has 40 heavy (non-hydrogen) atoms. The summed E-state index contributed by atoms with van der Waals surface area (Å²) in [6.07, 6.45) is 1.68. The number of aliphatic hydroxyl groups excluding tert-OH is 1. The van der Waals surface area contributed by atoms with E-state index in [1.165, 1.54) is 29.2 Å². The van der Waals surface area contributed by atoms with E-state index in [-0.39, 0.29) is 41.9 Å². The number of anilines is 2. The Bertz CT molecular complexity index is 1460. The lowest BCUT2D eigenvalue weighted by molar-refractivity contribution is -0.767.